The summed E-state index contributed by atoms with van der Waals surface area (Å²) >= 11 is 0. The number of rotatable bonds is 5. The Bertz CT molecular complexity index is 296. The lowest BCUT2D eigenvalue weighted by atomic mass is 9.79. The molecule has 0 spiro atoms. The van der Waals surface area contributed by atoms with Gasteiger partial charge < -0.3 is 21.5 Å². The van der Waals surface area contributed by atoms with Crippen molar-refractivity contribution in [3.63, 3.8) is 0 Å². The summed E-state index contributed by atoms with van der Waals surface area (Å²) in [7, 11) is 0. The molecule has 18 heavy (non-hydrogen) atoms. The number of hydrogen-bond acceptors (Lipinski definition) is 3. The van der Waals surface area contributed by atoms with E-state index >= 15 is 0 Å². The van der Waals surface area contributed by atoms with E-state index < -0.39 is 12.1 Å². The van der Waals surface area contributed by atoms with Crippen molar-refractivity contribution >= 4 is 11.9 Å². The lowest BCUT2D eigenvalue weighted by Gasteiger charge is -2.30. The molecule has 0 heterocycles. The molecule has 0 aliphatic heterocycles. The molecule has 1 aliphatic carbocycles. The first kappa shape index (κ1) is 14.8. The Kier molecular flexibility index (Phi) is 5.91. The highest BCUT2D eigenvalue weighted by molar-refractivity contribution is 5.86. The highest BCUT2D eigenvalue weighted by Crippen LogP contribution is 2.28. The van der Waals surface area contributed by atoms with E-state index in [-0.39, 0.29) is 18.4 Å². The third-order valence-electron chi connectivity index (χ3n) is 3.59. The van der Waals surface area contributed by atoms with Gasteiger partial charge in [-0.25, -0.2) is 4.79 Å². The van der Waals surface area contributed by atoms with Crippen LogP contribution in [0.25, 0.3) is 0 Å². The Balaban J connectivity index is 2.34. The molecular formula is C12H23N3O3. The molecule has 3 unspecified atom stereocenters. The number of urea groups is 1. The second-order valence-electron chi connectivity index (χ2n) is 4.96. The number of carbonyl (C=O) groups excluding carboxylic acids is 2. The summed E-state index contributed by atoms with van der Waals surface area (Å²) in [5.74, 6) is 0.364. The third kappa shape index (κ3) is 4.52. The number of nitrogens with one attached hydrogen (secondary N) is 2. The van der Waals surface area contributed by atoms with Gasteiger partial charge in [0.05, 0.1) is 0 Å². The van der Waals surface area contributed by atoms with E-state index in [9.17, 15) is 14.7 Å². The fourth-order valence-corrected chi connectivity index (χ4v) is 2.46. The van der Waals surface area contributed by atoms with Crippen molar-refractivity contribution in [3.05, 3.63) is 0 Å². The molecule has 1 rings (SSSR count). The van der Waals surface area contributed by atoms with Gasteiger partial charge in [-0.15, -0.1) is 0 Å². The van der Waals surface area contributed by atoms with Crippen LogP contribution in [0, 0.1) is 11.8 Å². The second kappa shape index (κ2) is 7.20. The van der Waals surface area contributed by atoms with Crippen molar-refractivity contribution in [2.24, 2.45) is 17.6 Å². The molecule has 0 bridgehead atoms. The minimum atomic E-state index is -0.705. The fraction of sp³-hybridized carbons (Fsp3) is 0.833. The van der Waals surface area contributed by atoms with Gasteiger partial charge in [-0.05, 0) is 31.6 Å². The minimum absolute atomic E-state index is 0.176. The zero-order valence-corrected chi connectivity index (χ0v) is 10.8. The number of hydrogen-bond donors (Lipinski definition) is 4. The molecule has 3 amide bonds. The van der Waals surface area contributed by atoms with Crippen LogP contribution in [0.1, 0.15) is 32.6 Å². The topological polar surface area (TPSA) is 104 Å². The molecule has 0 aromatic heterocycles. The van der Waals surface area contributed by atoms with E-state index in [0.29, 0.717) is 12.5 Å². The van der Waals surface area contributed by atoms with E-state index in [1.165, 1.54) is 0 Å². The van der Waals surface area contributed by atoms with Crippen molar-refractivity contribution in [1.29, 1.82) is 0 Å². The normalized spacial score (nSPS) is 25.2. The Morgan fingerprint density at radius 3 is 2.50 bits per heavy atom. The summed E-state index contributed by atoms with van der Waals surface area (Å²) in [4.78, 5) is 22.3. The Morgan fingerprint density at radius 2 is 1.94 bits per heavy atom. The second-order valence-corrected chi connectivity index (χ2v) is 4.96. The van der Waals surface area contributed by atoms with Crippen molar-refractivity contribution in [3.8, 4) is 0 Å². The van der Waals surface area contributed by atoms with Gasteiger partial charge in [0.25, 0.3) is 0 Å². The maximum Gasteiger partial charge on any atom is 0.312 e. The lowest BCUT2D eigenvalue weighted by Crippen LogP contribution is -2.48. The van der Waals surface area contributed by atoms with Crippen LogP contribution >= 0.6 is 0 Å². The Morgan fingerprint density at radius 1 is 1.33 bits per heavy atom. The first-order valence-corrected chi connectivity index (χ1v) is 6.49. The van der Waals surface area contributed by atoms with Gasteiger partial charge in [-0.2, -0.15) is 0 Å². The SMILES string of the molecule is CC(NC(N)=O)C(=O)NCC1CCCCC1CO. The first-order chi connectivity index (χ1) is 8.54. The van der Waals surface area contributed by atoms with Crippen LogP contribution in [0.15, 0.2) is 0 Å². The first-order valence-electron chi connectivity index (χ1n) is 6.49. The number of amides is 3. The number of nitrogens with two attached hydrogens (primary N) is 1. The maximum atomic E-state index is 11.7. The maximum absolute atomic E-state index is 11.7. The van der Waals surface area contributed by atoms with Crippen LogP contribution < -0.4 is 16.4 Å². The molecular weight excluding hydrogens is 234 g/mol. The molecule has 104 valence electrons. The van der Waals surface area contributed by atoms with E-state index in [0.717, 1.165) is 25.7 Å². The minimum Gasteiger partial charge on any atom is -0.396 e. The molecule has 0 saturated heterocycles. The van der Waals surface area contributed by atoms with Crippen molar-refractivity contribution in [1.82, 2.24) is 10.6 Å². The molecule has 6 heteroatoms. The monoisotopic (exact) mass is 257 g/mol. The average Bonchev–Trinajstić information content (AvgIpc) is 2.35. The van der Waals surface area contributed by atoms with Crippen LogP contribution in [-0.2, 0) is 4.79 Å². The summed E-state index contributed by atoms with van der Waals surface area (Å²) in [6.45, 7) is 2.31. The molecule has 0 radical (unpaired) electrons. The van der Waals surface area contributed by atoms with Gasteiger partial charge in [0.2, 0.25) is 5.91 Å². The quantitative estimate of drug-likeness (QED) is 0.555. The summed E-state index contributed by atoms with van der Waals surface area (Å²) in [5.41, 5.74) is 4.95. The van der Waals surface area contributed by atoms with E-state index in [1.807, 2.05) is 0 Å². The van der Waals surface area contributed by atoms with Gasteiger partial charge in [-0.1, -0.05) is 12.8 Å². The standard InChI is InChI=1S/C12H23N3O3/c1-8(15-12(13)18)11(17)14-6-9-4-2-3-5-10(9)7-16/h8-10,16H,2-7H2,1H3,(H,14,17)(H3,13,15,18). The Labute approximate surface area is 107 Å². The van der Waals surface area contributed by atoms with Gasteiger partial charge in [0.15, 0.2) is 0 Å². The molecule has 6 nitrogen and oxygen atoms in total. The molecule has 1 saturated carbocycles. The summed E-state index contributed by atoms with van der Waals surface area (Å²) in [6, 6.07) is -1.33. The van der Waals surface area contributed by atoms with Gasteiger partial charge >= 0.3 is 6.03 Å². The molecule has 1 aliphatic rings. The van der Waals surface area contributed by atoms with Crippen LogP contribution in [0.2, 0.25) is 0 Å². The predicted molar refractivity (Wildman–Crippen MR) is 67.7 cm³/mol. The zero-order valence-electron chi connectivity index (χ0n) is 10.8. The average molecular weight is 257 g/mol. The Hall–Kier alpha value is -1.30. The summed E-state index contributed by atoms with van der Waals surface area (Å²) < 4.78 is 0. The highest BCUT2D eigenvalue weighted by atomic mass is 16.3. The predicted octanol–water partition coefficient (Wildman–Crippen LogP) is -0.0419. The largest absolute Gasteiger partial charge is 0.396 e. The van der Waals surface area contributed by atoms with E-state index in [1.54, 1.807) is 6.92 Å². The zero-order chi connectivity index (χ0) is 13.5. The van der Waals surface area contributed by atoms with Crippen LogP contribution in [-0.4, -0.2) is 36.2 Å². The number of carbonyl (C=O) groups is 2. The van der Waals surface area contributed by atoms with Crippen molar-refractivity contribution in [2.75, 3.05) is 13.2 Å². The number of aliphatic hydroxyl groups is 1. The van der Waals surface area contributed by atoms with Crippen LogP contribution in [0.3, 0.4) is 0 Å². The molecule has 0 aromatic carbocycles. The van der Waals surface area contributed by atoms with Crippen molar-refractivity contribution in [2.45, 2.75) is 38.6 Å². The molecule has 0 aromatic rings. The van der Waals surface area contributed by atoms with E-state index in [4.69, 9.17) is 5.73 Å². The molecule has 3 atom stereocenters. The fourth-order valence-electron chi connectivity index (χ4n) is 2.46. The lowest BCUT2D eigenvalue weighted by molar-refractivity contribution is -0.122. The van der Waals surface area contributed by atoms with E-state index in [2.05, 4.69) is 10.6 Å². The van der Waals surface area contributed by atoms with Crippen LogP contribution in [0.5, 0.6) is 0 Å². The summed E-state index contributed by atoms with van der Waals surface area (Å²) in [6.07, 6.45) is 4.34. The smallest absolute Gasteiger partial charge is 0.312 e. The molecule has 1 fully saturated rings. The van der Waals surface area contributed by atoms with Crippen molar-refractivity contribution < 1.29 is 14.7 Å². The third-order valence-corrected chi connectivity index (χ3v) is 3.59. The summed E-state index contributed by atoms with van der Waals surface area (Å²) in [5, 5.41) is 14.4. The van der Waals surface area contributed by atoms with Gasteiger partial charge in [0, 0.05) is 13.2 Å². The van der Waals surface area contributed by atoms with Gasteiger partial charge in [0.1, 0.15) is 6.04 Å². The van der Waals surface area contributed by atoms with Gasteiger partial charge in [-0.3, -0.25) is 4.79 Å². The van der Waals surface area contributed by atoms with Crippen LogP contribution in [0.4, 0.5) is 4.79 Å². The number of aliphatic hydroxyl groups excluding tert-OH is 1. The number of primary amides is 1. The highest BCUT2D eigenvalue weighted by Gasteiger charge is 2.25. The molecule has 5 N–H and O–H groups in total.